The fraction of sp³-hybridized carbons (Fsp3) is 0.174. The van der Waals surface area contributed by atoms with Gasteiger partial charge < -0.3 is 19.5 Å². The molecule has 1 amide bonds. The second-order valence-corrected chi connectivity index (χ2v) is 6.82. The number of anilines is 1. The van der Waals surface area contributed by atoms with E-state index in [0.717, 1.165) is 22.0 Å². The number of rotatable bonds is 5. The summed E-state index contributed by atoms with van der Waals surface area (Å²) in [7, 11) is 1.27. The van der Waals surface area contributed by atoms with Gasteiger partial charge in [-0.15, -0.1) is 0 Å². The van der Waals surface area contributed by atoms with Crippen LogP contribution in [-0.4, -0.2) is 31.6 Å². The molecule has 0 bridgehead atoms. The molecular weight excluding hydrogens is 386 g/mol. The fourth-order valence-electron chi connectivity index (χ4n) is 3.32. The summed E-state index contributed by atoms with van der Waals surface area (Å²) in [5, 5.41) is 4.45. The molecule has 0 unspecified atom stereocenters. The van der Waals surface area contributed by atoms with E-state index in [1.165, 1.54) is 7.11 Å². The van der Waals surface area contributed by atoms with Gasteiger partial charge in [-0.1, -0.05) is 24.3 Å². The fourth-order valence-corrected chi connectivity index (χ4v) is 3.32. The van der Waals surface area contributed by atoms with Crippen molar-refractivity contribution in [1.82, 2.24) is 0 Å². The van der Waals surface area contributed by atoms with Crippen LogP contribution < -0.4 is 14.8 Å². The minimum atomic E-state index is -0.651. The Balaban J connectivity index is 1.48. The predicted molar refractivity (Wildman–Crippen MR) is 110 cm³/mol. The molecule has 30 heavy (non-hydrogen) atoms. The summed E-state index contributed by atoms with van der Waals surface area (Å²) in [5.41, 5.74) is 1.86. The Labute approximate surface area is 172 Å². The molecule has 1 aliphatic rings. The maximum Gasteiger partial charge on any atom is 0.349 e. The summed E-state index contributed by atoms with van der Waals surface area (Å²) in [6.07, 6.45) is 1.03. The van der Waals surface area contributed by atoms with Crippen molar-refractivity contribution in [2.75, 3.05) is 19.0 Å². The number of ether oxygens (including phenoxy) is 3. The quantitative estimate of drug-likeness (QED) is 0.516. The standard InChI is InChI=1S/C23H19NO6/c1-28-23(27)18-11-14-4-2-3-5-15(14)12-20(18)30-22(26)13-29-17-7-8-19-16(10-17)6-9-21(25)24-19/h2-5,7-8,10-12H,6,9,13H2,1H3,(H,24,25). The van der Waals surface area contributed by atoms with Gasteiger partial charge in [0.05, 0.1) is 7.11 Å². The average molecular weight is 405 g/mol. The van der Waals surface area contributed by atoms with Gasteiger partial charge >= 0.3 is 11.9 Å². The molecule has 0 atom stereocenters. The van der Waals surface area contributed by atoms with E-state index in [4.69, 9.17) is 14.2 Å². The number of carbonyl (C=O) groups is 3. The van der Waals surface area contributed by atoms with E-state index in [2.05, 4.69) is 5.32 Å². The second-order valence-electron chi connectivity index (χ2n) is 6.82. The average Bonchev–Trinajstić information content (AvgIpc) is 2.76. The molecule has 0 saturated heterocycles. The smallest absolute Gasteiger partial charge is 0.349 e. The van der Waals surface area contributed by atoms with Crippen molar-refractivity contribution in [3.63, 3.8) is 0 Å². The summed E-state index contributed by atoms with van der Waals surface area (Å²) >= 11 is 0. The Kier molecular flexibility index (Phi) is 5.34. The minimum Gasteiger partial charge on any atom is -0.482 e. The van der Waals surface area contributed by atoms with Crippen LogP contribution in [0.4, 0.5) is 5.69 Å². The third-order valence-corrected chi connectivity index (χ3v) is 4.81. The number of esters is 2. The zero-order chi connectivity index (χ0) is 21.1. The molecule has 0 aliphatic carbocycles. The Morgan fingerprint density at radius 1 is 1.00 bits per heavy atom. The number of benzene rings is 3. The zero-order valence-electron chi connectivity index (χ0n) is 16.3. The van der Waals surface area contributed by atoms with Gasteiger partial charge in [0.25, 0.3) is 0 Å². The summed E-state index contributed by atoms with van der Waals surface area (Å²) in [5.74, 6) is -0.657. The molecule has 7 heteroatoms. The predicted octanol–water partition coefficient (Wildman–Crippen LogP) is 3.50. The van der Waals surface area contributed by atoms with Crippen molar-refractivity contribution in [2.45, 2.75) is 12.8 Å². The zero-order valence-corrected chi connectivity index (χ0v) is 16.3. The first-order chi connectivity index (χ1) is 14.5. The molecule has 7 nitrogen and oxygen atoms in total. The highest BCUT2D eigenvalue weighted by Gasteiger charge is 2.19. The first-order valence-corrected chi connectivity index (χ1v) is 9.41. The van der Waals surface area contributed by atoms with Crippen molar-refractivity contribution in [2.24, 2.45) is 0 Å². The molecule has 1 heterocycles. The van der Waals surface area contributed by atoms with Crippen molar-refractivity contribution < 1.29 is 28.6 Å². The van der Waals surface area contributed by atoms with Crippen LogP contribution in [0.15, 0.2) is 54.6 Å². The van der Waals surface area contributed by atoms with Crippen molar-refractivity contribution in [3.8, 4) is 11.5 Å². The largest absolute Gasteiger partial charge is 0.482 e. The maximum atomic E-state index is 12.4. The van der Waals surface area contributed by atoms with Gasteiger partial charge in [-0.05, 0) is 53.1 Å². The van der Waals surface area contributed by atoms with E-state index >= 15 is 0 Å². The Morgan fingerprint density at radius 3 is 2.53 bits per heavy atom. The number of hydrogen-bond donors (Lipinski definition) is 1. The van der Waals surface area contributed by atoms with E-state index in [1.54, 1.807) is 30.3 Å². The van der Waals surface area contributed by atoms with E-state index in [0.29, 0.717) is 18.6 Å². The first-order valence-electron chi connectivity index (χ1n) is 9.41. The monoisotopic (exact) mass is 405 g/mol. The van der Waals surface area contributed by atoms with Crippen molar-refractivity contribution in [3.05, 3.63) is 65.7 Å². The molecule has 0 fully saturated rings. The Bertz CT molecular complexity index is 1150. The molecule has 4 rings (SSSR count). The van der Waals surface area contributed by atoms with Gasteiger partial charge in [-0.25, -0.2) is 9.59 Å². The van der Waals surface area contributed by atoms with E-state index in [1.807, 2.05) is 24.3 Å². The Hall–Kier alpha value is -3.87. The van der Waals surface area contributed by atoms with Crippen LogP contribution in [0.1, 0.15) is 22.3 Å². The summed E-state index contributed by atoms with van der Waals surface area (Å²) in [6, 6.07) is 15.9. The highest BCUT2D eigenvalue weighted by Crippen LogP contribution is 2.28. The van der Waals surface area contributed by atoms with E-state index < -0.39 is 11.9 Å². The highest BCUT2D eigenvalue weighted by atomic mass is 16.6. The molecular formula is C23H19NO6. The van der Waals surface area contributed by atoms with Crippen LogP contribution >= 0.6 is 0 Å². The number of fused-ring (bicyclic) bond motifs is 2. The summed E-state index contributed by atoms with van der Waals surface area (Å²) < 4.78 is 15.8. The van der Waals surface area contributed by atoms with E-state index in [-0.39, 0.29) is 23.8 Å². The molecule has 0 aromatic heterocycles. The lowest BCUT2D eigenvalue weighted by Crippen LogP contribution is -2.20. The van der Waals surface area contributed by atoms with Crippen LogP contribution in [0.25, 0.3) is 10.8 Å². The Morgan fingerprint density at radius 2 is 1.77 bits per heavy atom. The van der Waals surface area contributed by atoms with Crippen molar-refractivity contribution >= 4 is 34.3 Å². The summed E-state index contributed by atoms with van der Waals surface area (Å²) in [4.78, 5) is 35.9. The van der Waals surface area contributed by atoms with Gasteiger partial charge in [0.15, 0.2) is 6.61 Å². The number of carbonyl (C=O) groups excluding carboxylic acids is 3. The normalized spacial score (nSPS) is 12.6. The number of aryl methyl sites for hydroxylation is 1. The van der Waals surface area contributed by atoms with Crippen LogP contribution in [-0.2, 0) is 20.7 Å². The lowest BCUT2D eigenvalue weighted by molar-refractivity contribution is -0.136. The van der Waals surface area contributed by atoms with Crippen LogP contribution in [0.2, 0.25) is 0 Å². The number of hydrogen-bond acceptors (Lipinski definition) is 6. The molecule has 3 aromatic carbocycles. The maximum absolute atomic E-state index is 12.4. The molecule has 0 saturated carbocycles. The summed E-state index contributed by atoms with van der Waals surface area (Å²) in [6.45, 7) is -0.335. The molecule has 0 radical (unpaired) electrons. The molecule has 152 valence electrons. The molecule has 1 aliphatic heterocycles. The SMILES string of the molecule is COC(=O)c1cc2ccccc2cc1OC(=O)COc1ccc2c(c1)CCC(=O)N2. The van der Waals surface area contributed by atoms with Gasteiger partial charge in [0.1, 0.15) is 17.1 Å². The molecule has 1 N–H and O–H groups in total. The van der Waals surface area contributed by atoms with Gasteiger partial charge in [0, 0.05) is 12.1 Å². The molecule has 3 aromatic rings. The number of nitrogens with one attached hydrogen (secondary N) is 1. The minimum absolute atomic E-state index is 0.0171. The van der Waals surface area contributed by atoms with E-state index in [9.17, 15) is 14.4 Å². The first kappa shape index (κ1) is 19.4. The second kappa shape index (κ2) is 8.24. The van der Waals surface area contributed by atoms with Gasteiger partial charge in [0.2, 0.25) is 5.91 Å². The third-order valence-electron chi connectivity index (χ3n) is 4.81. The van der Waals surface area contributed by atoms with Gasteiger partial charge in [-0.3, -0.25) is 4.79 Å². The van der Waals surface area contributed by atoms with Crippen molar-refractivity contribution in [1.29, 1.82) is 0 Å². The lowest BCUT2D eigenvalue weighted by Gasteiger charge is -2.17. The molecule has 0 spiro atoms. The van der Waals surface area contributed by atoms with Crippen LogP contribution in [0.3, 0.4) is 0 Å². The third kappa shape index (κ3) is 4.10. The highest BCUT2D eigenvalue weighted by molar-refractivity contribution is 5.99. The number of methoxy groups -OCH3 is 1. The van der Waals surface area contributed by atoms with Crippen LogP contribution in [0.5, 0.6) is 11.5 Å². The lowest BCUT2D eigenvalue weighted by atomic mass is 10.0. The van der Waals surface area contributed by atoms with Crippen LogP contribution in [0, 0.1) is 0 Å². The number of amides is 1. The topological polar surface area (TPSA) is 90.9 Å². The van der Waals surface area contributed by atoms with Gasteiger partial charge in [-0.2, -0.15) is 0 Å².